The predicted molar refractivity (Wildman–Crippen MR) is 73.5 cm³/mol. The molecule has 0 amide bonds. The zero-order chi connectivity index (χ0) is 12.5. The molecule has 0 saturated carbocycles. The molecule has 0 aliphatic rings. The second kappa shape index (κ2) is 4.28. The largest absolute Gasteiger partial charge is 0.233 e. The van der Waals surface area contributed by atoms with Gasteiger partial charge in [0, 0.05) is 9.86 Å². The summed E-state index contributed by atoms with van der Waals surface area (Å²) in [4.78, 5) is 0. The van der Waals surface area contributed by atoms with Crippen LogP contribution >= 0.6 is 15.9 Å². The molecule has 0 bridgehead atoms. The van der Waals surface area contributed by atoms with Crippen molar-refractivity contribution in [3.8, 4) is 11.8 Å². The van der Waals surface area contributed by atoms with E-state index >= 15 is 0 Å². The van der Waals surface area contributed by atoms with Crippen molar-refractivity contribution in [1.29, 1.82) is 5.26 Å². The van der Waals surface area contributed by atoms with E-state index in [9.17, 15) is 0 Å². The third-order valence-corrected chi connectivity index (χ3v) is 3.49. The second-order valence-corrected chi connectivity index (χ2v) is 4.74. The van der Waals surface area contributed by atoms with Gasteiger partial charge in [-0.2, -0.15) is 10.4 Å². The summed E-state index contributed by atoms with van der Waals surface area (Å²) in [6.07, 6.45) is 1.83. The van der Waals surface area contributed by atoms with Crippen molar-refractivity contribution < 1.29 is 0 Å². The first-order valence-electron chi connectivity index (χ1n) is 5.42. The Labute approximate surface area is 112 Å². The maximum Gasteiger partial charge on any atom is 0.0991 e. The summed E-state index contributed by atoms with van der Waals surface area (Å²) in [5.74, 6) is 0. The normalized spacial score (nSPS) is 10.4. The van der Waals surface area contributed by atoms with Crippen LogP contribution in [0, 0.1) is 11.3 Å². The molecule has 4 heteroatoms. The number of nitriles is 1. The zero-order valence-electron chi connectivity index (χ0n) is 9.34. The van der Waals surface area contributed by atoms with Crippen LogP contribution in [0.1, 0.15) is 5.56 Å². The standard InChI is InChI=1S/C14H8BrN3/c15-13-2-1-3-14-12(13)9-17-18(14)11-6-4-10(8-16)5-7-11/h1-7,9H. The van der Waals surface area contributed by atoms with Crippen molar-refractivity contribution in [2.75, 3.05) is 0 Å². The lowest BCUT2D eigenvalue weighted by Crippen LogP contribution is -1.95. The van der Waals surface area contributed by atoms with E-state index in [2.05, 4.69) is 27.1 Å². The molecule has 0 N–H and O–H groups in total. The molecule has 1 aromatic heterocycles. The Morgan fingerprint density at radius 3 is 2.61 bits per heavy atom. The molecular weight excluding hydrogens is 290 g/mol. The zero-order valence-corrected chi connectivity index (χ0v) is 10.9. The van der Waals surface area contributed by atoms with Crippen molar-refractivity contribution >= 4 is 26.8 Å². The number of halogens is 1. The van der Waals surface area contributed by atoms with Gasteiger partial charge in [0.1, 0.15) is 0 Å². The maximum atomic E-state index is 8.79. The van der Waals surface area contributed by atoms with Gasteiger partial charge in [-0.1, -0.05) is 22.0 Å². The van der Waals surface area contributed by atoms with Crippen LogP contribution < -0.4 is 0 Å². The van der Waals surface area contributed by atoms with Crippen LogP contribution in [0.4, 0.5) is 0 Å². The van der Waals surface area contributed by atoms with Gasteiger partial charge in [0.15, 0.2) is 0 Å². The Kier molecular flexibility index (Phi) is 2.62. The lowest BCUT2D eigenvalue weighted by atomic mass is 10.2. The lowest BCUT2D eigenvalue weighted by molar-refractivity contribution is 0.910. The highest BCUT2D eigenvalue weighted by atomic mass is 79.9. The number of rotatable bonds is 1. The highest BCUT2D eigenvalue weighted by Crippen LogP contribution is 2.25. The van der Waals surface area contributed by atoms with Crippen LogP contribution in [0.5, 0.6) is 0 Å². The van der Waals surface area contributed by atoms with E-state index < -0.39 is 0 Å². The minimum Gasteiger partial charge on any atom is -0.233 e. The van der Waals surface area contributed by atoms with Gasteiger partial charge in [0.2, 0.25) is 0 Å². The van der Waals surface area contributed by atoms with Gasteiger partial charge in [-0.05, 0) is 36.4 Å². The first-order valence-corrected chi connectivity index (χ1v) is 6.22. The Morgan fingerprint density at radius 1 is 1.11 bits per heavy atom. The summed E-state index contributed by atoms with van der Waals surface area (Å²) in [7, 11) is 0. The number of aromatic nitrogens is 2. The van der Waals surface area contributed by atoms with Gasteiger partial charge in [-0.3, -0.25) is 0 Å². The molecule has 0 unspecified atom stereocenters. The minimum absolute atomic E-state index is 0.649. The molecule has 0 saturated heterocycles. The Bertz CT molecular complexity index is 751. The van der Waals surface area contributed by atoms with E-state index in [0.717, 1.165) is 21.1 Å². The molecule has 86 valence electrons. The van der Waals surface area contributed by atoms with Crippen LogP contribution in [-0.4, -0.2) is 9.78 Å². The number of benzene rings is 2. The molecular formula is C14H8BrN3. The predicted octanol–water partition coefficient (Wildman–Crippen LogP) is 3.66. The summed E-state index contributed by atoms with van der Waals surface area (Å²) < 4.78 is 2.89. The van der Waals surface area contributed by atoms with Gasteiger partial charge in [-0.25, -0.2) is 4.68 Å². The third kappa shape index (κ3) is 1.69. The van der Waals surface area contributed by atoms with E-state index in [4.69, 9.17) is 5.26 Å². The van der Waals surface area contributed by atoms with E-state index in [-0.39, 0.29) is 0 Å². The quantitative estimate of drug-likeness (QED) is 0.688. The monoisotopic (exact) mass is 297 g/mol. The third-order valence-electron chi connectivity index (χ3n) is 2.80. The topological polar surface area (TPSA) is 41.6 Å². The molecule has 0 aliphatic heterocycles. The molecule has 0 radical (unpaired) electrons. The van der Waals surface area contributed by atoms with Crippen LogP contribution in [0.15, 0.2) is 53.1 Å². The molecule has 0 aliphatic carbocycles. The van der Waals surface area contributed by atoms with Crippen LogP contribution in [0.2, 0.25) is 0 Å². The Morgan fingerprint density at radius 2 is 1.89 bits per heavy atom. The maximum absolute atomic E-state index is 8.79. The Hall–Kier alpha value is -2.12. The first-order chi connectivity index (χ1) is 8.79. The van der Waals surface area contributed by atoms with Gasteiger partial charge in [-0.15, -0.1) is 0 Å². The summed E-state index contributed by atoms with van der Waals surface area (Å²) in [5.41, 5.74) is 2.63. The number of fused-ring (bicyclic) bond motifs is 1. The van der Waals surface area contributed by atoms with E-state index in [1.807, 2.05) is 41.2 Å². The second-order valence-electron chi connectivity index (χ2n) is 3.89. The summed E-state index contributed by atoms with van der Waals surface area (Å²) >= 11 is 3.51. The van der Waals surface area contributed by atoms with Crippen LogP contribution in [0.25, 0.3) is 16.6 Å². The van der Waals surface area contributed by atoms with Gasteiger partial charge < -0.3 is 0 Å². The van der Waals surface area contributed by atoms with Crippen LogP contribution in [0.3, 0.4) is 0 Å². The van der Waals surface area contributed by atoms with Crippen molar-refractivity contribution in [2.45, 2.75) is 0 Å². The fourth-order valence-electron chi connectivity index (χ4n) is 1.90. The highest BCUT2D eigenvalue weighted by molar-refractivity contribution is 9.10. The van der Waals surface area contributed by atoms with Crippen molar-refractivity contribution in [2.24, 2.45) is 0 Å². The van der Waals surface area contributed by atoms with Crippen LogP contribution in [-0.2, 0) is 0 Å². The van der Waals surface area contributed by atoms with E-state index in [1.165, 1.54) is 0 Å². The Balaban J connectivity index is 2.20. The molecule has 2 aromatic carbocycles. The number of hydrogen-bond acceptors (Lipinski definition) is 2. The molecule has 0 atom stereocenters. The van der Waals surface area contributed by atoms with Crippen molar-refractivity contribution in [1.82, 2.24) is 9.78 Å². The fraction of sp³-hybridized carbons (Fsp3) is 0. The lowest BCUT2D eigenvalue weighted by Gasteiger charge is -2.03. The van der Waals surface area contributed by atoms with Crippen molar-refractivity contribution in [3.63, 3.8) is 0 Å². The minimum atomic E-state index is 0.649. The van der Waals surface area contributed by atoms with Gasteiger partial charge >= 0.3 is 0 Å². The first kappa shape index (κ1) is 11.0. The van der Waals surface area contributed by atoms with Gasteiger partial charge in [0.25, 0.3) is 0 Å². The molecule has 0 fully saturated rings. The average molecular weight is 298 g/mol. The summed E-state index contributed by atoms with van der Waals surface area (Å²) in [6, 6.07) is 15.5. The SMILES string of the molecule is N#Cc1ccc(-n2ncc3c(Br)cccc32)cc1. The smallest absolute Gasteiger partial charge is 0.0991 e. The number of nitrogens with zero attached hydrogens (tertiary/aromatic N) is 3. The molecule has 3 rings (SSSR count). The average Bonchev–Trinajstić information content (AvgIpc) is 2.84. The van der Waals surface area contributed by atoms with E-state index in [1.54, 1.807) is 12.1 Å². The van der Waals surface area contributed by atoms with Crippen molar-refractivity contribution in [3.05, 3.63) is 58.7 Å². The highest BCUT2D eigenvalue weighted by Gasteiger charge is 2.06. The molecule has 18 heavy (non-hydrogen) atoms. The van der Waals surface area contributed by atoms with Gasteiger partial charge in [0.05, 0.1) is 29.0 Å². The molecule has 3 nitrogen and oxygen atoms in total. The summed E-state index contributed by atoms with van der Waals surface area (Å²) in [5, 5.41) is 14.2. The number of hydrogen-bond donors (Lipinski definition) is 0. The molecule has 3 aromatic rings. The fourth-order valence-corrected chi connectivity index (χ4v) is 2.36. The molecule has 0 spiro atoms. The van der Waals surface area contributed by atoms with E-state index in [0.29, 0.717) is 5.56 Å². The summed E-state index contributed by atoms with van der Waals surface area (Å²) in [6.45, 7) is 0. The molecule has 1 heterocycles.